The van der Waals surface area contributed by atoms with Crippen LogP contribution in [0.15, 0.2) is 59.4 Å². The van der Waals surface area contributed by atoms with E-state index >= 15 is 0 Å². The first kappa shape index (κ1) is 25.0. The highest BCUT2D eigenvalue weighted by molar-refractivity contribution is 6.07. The lowest BCUT2D eigenvalue weighted by Crippen LogP contribution is -2.10. The van der Waals surface area contributed by atoms with E-state index in [0.29, 0.717) is 24.2 Å². The van der Waals surface area contributed by atoms with Crippen LogP contribution in [0.5, 0.6) is 11.5 Å². The highest BCUT2D eigenvalue weighted by Crippen LogP contribution is 2.34. The second-order valence-electron chi connectivity index (χ2n) is 8.69. The van der Waals surface area contributed by atoms with Crippen LogP contribution in [-0.4, -0.2) is 53.3 Å². The van der Waals surface area contributed by atoms with Crippen molar-refractivity contribution >= 4 is 29.3 Å². The van der Waals surface area contributed by atoms with Gasteiger partial charge in [-0.1, -0.05) is 0 Å². The second-order valence-corrected chi connectivity index (χ2v) is 8.69. The van der Waals surface area contributed by atoms with E-state index in [0.717, 1.165) is 40.2 Å². The van der Waals surface area contributed by atoms with Crippen molar-refractivity contribution < 1.29 is 19.4 Å². The van der Waals surface area contributed by atoms with Crippen molar-refractivity contribution in [2.24, 2.45) is 0 Å². The second kappa shape index (κ2) is 11.0. The Labute approximate surface area is 202 Å². The van der Waals surface area contributed by atoms with Crippen molar-refractivity contribution in [3.63, 3.8) is 0 Å². The number of benzene rings is 2. The zero-order valence-corrected chi connectivity index (χ0v) is 20.9. The molecule has 180 valence electrons. The molecule has 0 fully saturated rings. The van der Waals surface area contributed by atoms with E-state index in [4.69, 9.17) is 9.47 Å². The topological polar surface area (TPSA) is 62.2 Å². The van der Waals surface area contributed by atoms with Crippen LogP contribution in [0.25, 0.3) is 12.2 Å². The maximum atomic E-state index is 13.0. The molecule has 3 rings (SSSR count). The minimum Gasteiger partial charge on any atom is -0.507 e. The van der Waals surface area contributed by atoms with Gasteiger partial charge in [0.1, 0.15) is 17.3 Å². The largest absolute Gasteiger partial charge is 0.507 e. The first-order valence-electron chi connectivity index (χ1n) is 11.3. The van der Waals surface area contributed by atoms with Crippen molar-refractivity contribution in [3.8, 4) is 11.5 Å². The standard InChI is InChI=1S/C28H34N2O4/c1-29(2)22-13-10-19(26(17-22)33-5)12-15-25(31)24-9-7-8-21(28(24)32)16-20-11-14-23(30(3)4)18-27(20)34-6/h10-18,32H,7-9H2,1-6H3/b15-12+,21-16+. The first-order valence-corrected chi connectivity index (χ1v) is 11.3. The van der Waals surface area contributed by atoms with E-state index < -0.39 is 0 Å². The summed E-state index contributed by atoms with van der Waals surface area (Å²) in [7, 11) is 11.1. The molecule has 0 saturated heterocycles. The van der Waals surface area contributed by atoms with Gasteiger partial charge in [-0.2, -0.15) is 0 Å². The SMILES string of the molecule is COc1cc(N(C)C)ccc1/C=C/C(=O)C1=C(O)/C(=C/c2ccc(N(C)C)cc2OC)CCC1. The molecule has 2 aromatic rings. The molecule has 0 atom stereocenters. The van der Waals surface area contributed by atoms with Crippen molar-refractivity contribution in [1.29, 1.82) is 0 Å². The van der Waals surface area contributed by atoms with Gasteiger partial charge in [0.2, 0.25) is 0 Å². The van der Waals surface area contributed by atoms with Crippen LogP contribution in [0, 0.1) is 0 Å². The summed E-state index contributed by atoms with van der Waals surface area (Å²) in [5.41, 5.74) is 4.88. The summed E-state index contributed by atoms with van der Waals surface area (Å²) in [4.78, 5) is 17.0. The Balaban J connectivity index is 1.88. The molecule has 0 unspecified atom stereocenters. The molecule has 0 aliphatic heterocycles. The van der Waals surface area contributed by atoms with E-state index in [9.17, 15) is 9.90 Å². The number of allylic oxidation sites excluding steroid dienone is 3. The molecule has 0 heterocycles. The van der Waals surface area contributed by atoms with Crippen LogP contribution in [-0.2, 0) is 4.79 Å². The highest BCUT2D eigenvalue weighted by Gasteiger charge is 2.21. The number of methoxy groups -OCH3 is 2. The Morgan fingerprint density at radius 1 is 0.882 bits per heavy atom. The van der Waals surface area contributed by atoms with E-state index in [2.05, 4.69) is 0 Å². The molecule has 0 bridgehead atoms. The van der Waals surface area contributed by atoms with Gasteiger partial charge in [-0.25, -0.2) is 0 Å². The van der Waals surface area contributed by atoms with E-state index in [-0.39, 0.29) is 11.5 Å². The van der Waals surface area contributed by atoms with Gasteiger partial charge in [-0.15, -0.1) is 0 Å². The summed E-state index contributed by atoms with van der Waals surface area (Å²) < 4.78 is 11.0. The minimum absolute atomic E-state index is 0.0644. The van der Waals surface area contributed by atoms with Gasteiger partial charge in [0.15, 0.2) is 5.78 Å². The molecule has 0 spiro atoms. The van der Waals surface area contributed by atoms with Crippen LogP contribution in [0.2, 0.25) is 0 Å². The van der Waals surface area contributed by atoms with Gasteiger partial charge in [0.25, 0.3) is 0 Å². The highest BCUT2D eigenvalue weighted by atomic mass is 16.5. The maximum Gasteiger partial charge on any atom is 0.185 e. The quantitative estimate of drug-likeness (QED) is 0.523. The number of nitrogens with zero attached hydrogens (tertiary/aromatic N) is 2. The number of carbonyl (C=O) groups excluding carboxylic acids is 1. The number of hydrogen-bond donors (Lipinski definition) is 1. The molecule has 6 heteroatoms. The number of aliphatic hydroxyl groups excluding tert-OH is 1. The Kier molecular flexibility index (Phi) is 8.05. The third-order valence-corrected chi connectivity index (χ3v) is 5.97. The zero-order chi connectivity index (χ0) is 24.8. The lowest BCUT2D eigenvalue weighted by atomic mass is 9.89. The van der Waals surface area contributed by atoms with E-state index in [1.54, 1.807) is 20.3 Å². The predicted octanol–water partition coefficient (Wildman–Crippen LogP) is 5.50. The van der Waals surface area contributed by atoms with E-state index in [1.165, 1.54) is 6.08 Å². The lowest BCUT2D eigenvalue weighted by Gasteiger charge is -2.19. The summed E-state index contributed by atoms with van der Waals surface area (Å²) in [6, 6.07) is 11.7. The first-order chi connectivity index (χ1) is 16.2. The Morgan fingerprint density at radius 3 is 2.00 bits per heavy atom. The Bertz CT molecular complexity index is 1140. The van der Waals surface area contributed by atoms with Crippen LogP contribution in [0.1, 0.15) is 30.4 Å². The normalized spacial score (nSPS) is 15.1. The maximum absolute atomic E-state index is 13.0. The van der Waals surface area contributed by atoms with Gasteiger partial charge < -0.3 is 24.4 Å². The zero-order valence-electron chi connectivity index (χ0n) is 20.9. The third kappa shape index (κ3) is 5.63. The molecule has 1 aliphatic carbocycles. The Morgan fingerprint density at radius 2 is 1.44 bits per heavy atom. The molecule has 1 N–H and O–H groups in total. The average Bonchev–Trinajstić information content (AvgIpc) is 2.83. The molecular weight excluding hydrogens is 428 g/mol. The molecule has 6 nitrogen and oxygen atoms in total. The lowest BCUT2D eigenvalue weighted by molar-refractivity contribution is -0.111. The molecular formula is C28H34N2O4. The number of anilines is 2. The fourth-order valence-electron chi connectivity index (χ4n) is 3.93. The van der Waals surface area contributed by atoms with Crippen molar-refractivity contribution in [1.82, 2.24) is 0 Å². The van der Waals surface area contributed by atoms with Crippen LogP contribution >= 0.6 is 0 Å². The van der Waals surface area contributed by atoms with Gasteiger partial charge in [0, 0.05) is 68.4 Å². The molecule has 0 saturated carbocycles. The van der Waals surface area contributed by atoms with Gasteiger partial charge >= 0.3 is 0 Å². The molecule has 0 aromatic heterocycles. The third-order valence-electron chi connectivity index (χ3n) is 5.97. The van der Waals surface area contributed by atoms with Gasteiger partial charge in [-0.05, 0) is 67.3 Å². The van der Waals surface area contributed by atoms with Crippen LogP contribution in [0.4, 0.5) is 11.4 Å². The fourth-order valence-corrected chi connectivity index (χ4v) is 3.93. The van der Waals surface area contributed by atoms with Gasteiger partial charge in [-0.3, -0.25) is 4.79 Å². The summed E-state index contributed by atoms with van der Waals surface area (Å²) in [6.07, 6.45) is 7.19. The number of ketones is 1. The number of carbonyl (C=O) groups is 1. The Hall–Kier alpha value is -3.67. The monoisotopic (exact) mass is 462 g/mol. The predicted molar refractivity (Wildman–Crippen MR) is 140 cm³/mol. The molecule has 2 aromatic carbocycles. The summed E-state index contributed by atoms with van der Waals surface area (Å²) in [5, 5.41) is 10.9. The van der Waals surface area contributed by atoms with Crippen molar-refractivity contribution in [2.75, 3.05) is 52.2 Å². The van der Waals surface area contributed by atoms with Crippen molar-refractivity contribution in [3.05, 3.63) is 70.5 Å². The van der Waals surface area contributed by atoms with Crippen LogP contribution in [0.3, 0.4) is 0 Å². The average molecular weight is 463 g/mol. The van der Waals surface area contributed by atoms with E-state index in [1.807, 2.05) is 80.5 Å². The molecule has 34 heavy (non-hydrogen) atoms. The summed E-state index contributed by atoms with van der Waals surface area (Å²) in [6.45, 7) is 0. The molecule has 1 aliphatic rings. The number of hydrogen-bond acceptors (Lipinski definition) is 6. The fraction of sp³-hybridized carbons (Fsp3) is 0.321. The molecule has 0 amide bonds. The number of aliphatic hydroxyl groups is 1. The number of ether oxygens (including phenoxy) is 2. The summed E-state index contributed by atoms with van der Waals surface area (Å²) >= 11 is 0. The smallest absolute Gasteiger partial charge is 0.185 e. The van der Waals surface area contributed by atoms with Crippen molar-refractivity contribution in [2.45, 2.75) is 19.3 Å². The van der Waals surface area contributed by atoms with Crippen LogP contribution < -0.4 is 19.3 Å². The molecule has 0 radical (unpaired) electrons. The minimum atomic E-state index is -0.197. The number of rotatable bonds is 8. The summed E-state index contributed by atoms with van der Waals surface area (Å²) in [5.74, 6) is 1.27. The van der Waals surface area contributed by atoms with Gasteiger partial charge in [0.05, 0.1) is 14.2 Å².